The summed E-state index contributed by atoms with van der Waals surface area (Å²) in [6.45, 7) is 0. The molecule has 0 spiro atoms. The number of hydrogen-bond acceptors (Lipinski definition) is 5. The second kappa shape index (κ2) is 5.27. The highest BCUT2D eigenvalue weighted by molar-refractivity contribution is 7.80. The van der Waals surface area contributed by atoms with Gasteiger partial charge in [0, 0.05) is 7.05 Å². The lowest BCUT2D eigenvalue weighted by Gasteiger charge is -2.07. The topological polar surface area (TPSA) is 48.0 Å². The third kappa shape index (κ3) is 2.53. The molecule has 1 fully saturated rings. The number of ether oxygens (including phenoxy) is 3. The van der Waals surface area contributed by atoms with Crippen LogP contribution in [0.3, 0.4) is 0 Å². The molecule has 1 heterocycles. The molecule has 0 aromatic heterocycles. The summed E-state index contributed by atoms with van der Waals surface area (Å²) in [6, 6.07) is 5.31. The zero-order chi connectivity index (χ0) is 14.0. The fourth-order valence-electron chi connectivity index (χ4n) is 1.64. The van der Waals surface area contributed by atoms with Crippen molar-refractivity contribution in [1.82, 2.24) is 4.90 Å². The second-order valence-electron chi connectivity index (χ2n) is 3.86. The molecule has 100 valence electrons. The molecule has 0 radical (unpaired) electrons. The number of rotatable bonds is 3. The van der Waals surface area contributed by atoms with Crippen LogP contribution in [-0.4, -0.2) is 37.2 Å². The van der Waals surface area contributed by atoms with Crippen LogP contribution < -0.4 is 9.47 Å². The maximum atomic E-state index is 11.8. The second-order valence-corrected chi connectivity index (χ2v) is 4.20. The van der Waals surface area contributed by atoms with Crippen molar-refractivity contribution in [2.45, 2.75) is 0 Å². The van der Waals surface area contributed by atoms with Crippen molar-refractivity contribution < 1.29 is 19.0 Å². The average molecular weight is 279 g/mol. The van der Waals surface area contributed by atoms with E-state index in [1.54, 1.807) is 45.5 Å². The molecule has 1 aromatic carbocycles. The van der Waals surface area contributed by atoms with E-state index in [9.17, 15) is 4.79 Å². The van der Waals surface area contributed by atoms with Crippen LogP contribution >= 0.6 is 12.2 Å². The fourth-order valence-corrected chi connectivity index (χ4v) is 1.81. The first-order valence-electron chi connectivity index (χ1n) is 5.50. The Bertz CT molecular complexity index is 568. The van der Waals surface area contributed by atoms with Crippen LogP contribution in [0.25, 0.3) is 6.08 Å². The van der Waals surface area contributed by atoms with Crippen LogP contribution in [0.2, 0.25) is 0 Å². The van der Waals surface area contributed by atoms with E-state index in [1.807, 2.05) is 0 Å². The quantitative estimate of drug-likeness (QED) is 0.624. The summed E-state index contributed by atoms with van der Waals surface area (Å²) in [5.41, 5.74) is 0.763. The van der Waals surface area contributed by atoms with Crippen LogP contribution in [0, 0.1) is 0 Å². The molecule has 1 amide bonds. The minimum Gasteiger partial charge on any atom is -0.493 e. The number of thiocarbonyl (C=S) groups is 1. The van der Waals surface area contributed by atoms with E-state index in [0.717, 1.165) is 5.56 Å². The number of carbonyl (C=O) groups excluding carboxylic acids is 1. The van der Waals surface area contributed by atoms with Gasteiger partial charge in [0.15, 0.2) is 17.3 Å². The molecule has 0 unspecified atom stereocenters. The third-order valence-corrected chi connectivity index (χ3v) is 3.05. The van der Waals surface area contributed by atoms with Crippen molar-refractivity contribution in [1.29, 1.82) is 0 Å². The summed E-state index contributed by atoms with van der Waals surface area (Å²) < 4.78 is 15.6. The molecule has 0 N–H and O–H groups in total. The summed E-state index contributed by atoms with van der Waals surface area (Å²) in [6.07, 6.45) is 1.61. The van der Waals surface area contributed by atoms with E-state index in [-0.39, 0.29) is 16.8 Å². The number of amides is 1. The van der Waals surface area contributed by atoms with Crippen LogP contribution in [0.1, 0.15) is 5.56 Å². The molecule has 1 saturated heterocycles. The zero-order valence-electron chi connectivity index (χ0n) is 10.8. The van der Waals surface area contributed by atoms with Crippen molar-refractivity contribution in [2.24, 2.45) is 0 Å². The van der Waals surface area contributed by atoms with Crippen molar-refractivity contribution in [3.8, 4) is 11.5 Å². The fraction of sp³-hybridized carbons (Fsp3) is 0.231. The Morgan fingerprint density at radius 2 is 1.95 bits per heavy atom. The molecular weight excluding hydrogens is 266 g/mol. The Kier molecular flexibility index (Phi) is 3.71. The lowest BCUT2D eigenvalue weighted by Crippen LogP contribution is -2.22. The Morgan fingerprint density at radius 1 is 1.26 bits per heavy atom. The van der Waals surface area contributed by atoms with Gasteiger partial charge in [-0.15, -0.1) is 0 Å². The molecule has 0 saturated carbocycles. The van der Waals surface area contributed by atoms with E-state index in [1.165, 1.54) is 4.90 Å². The number of carbonyl (C=O) groups is 1. The first-order chi connectivity index (χ1) is 9.06. The number of nitrogens with zero attached hydrogens (tertiary/aromatic N) is 1. The maximum absolute atomic E-state index is 11.8. The van der Waals surface area contributed by atoms with Crippen LogP contribution in [0.5, 0.6) is 11.5 Å². The predicted octanol–water partition coefficient (Wildman–Crippen LogP) is 1.82. The van der Waals surface area contributed by atoms with Gasteiger partial charge in [-0.05, 0) is 36.0 Å². The highest BCUT2D eigenvalue weighted by atomic mass is 32.1. The molecule has 0 aliphatic carbocycles. The van der Waals surface area contributed by atoms with Crippen molar-refractivity contribution >= 4 is 29.4 Å². The Morgan fingerprint density at radius 3 is 2.47 bits per heavy atom. The number of benzene rings is 1. The molecule has 19 heavy (non-hydrogen) atoms. The SMILES string of the molecule is COc1ccc(/C=C2/OC(=S)N(C)C2=O)cc1OC. The standard InChI is InChI=1S/C13H13NO4S/c1-14-12(15)11(18-13(14)19)7-8-4-5-9(16-2)10(6-8)17-3/h4-7H,1-3H3/b11-7+. The largest absolute Gasteiger partial charge is 0.493 e. The molecule has 1 aliphatic heterocycles. The number of hydrogen-bond donors (Lipinski definition) is 0. The lowest BCUT2D eigenvalue weighted by molar-refractivity contribution is -0.122. The number of likely N-dealkylation sites (N-methyl/N-ethyl adjacent to an activating group) is 1. The average Bonchev–Trinajstić information content (AvgIpc) is 2.66. The first kappa shape index (κ1) is 13.4. The monoisotopic (exact) mass is 279 g/mol. The van der Waals surface area contributed by atoms with Gasteiger partial charge in [-0.1, -0.05) is 6.07 Å². The van der Waals surface area contributed by atoms with Gasteiger partial charge >= 0.3 is 0 Å². The van der Waals surface area contributed by atoms with Gasteiger partial charge in [0.25, 0.3) is 11.1 Å². The number of methoxy groups -OCH3 is 2. The molecule has 5 nitrogen and oxygen atoms in total. The van der Waals surface area contributed by atoms with E-state index >= 15 is 0 Å². The highest BCUT2D eigenvalue weighted by Crippen LogP contribution is 2.29. The molecule has 0 bridgehead atoms. The molecule has 0 atom stereocenters. The Labute approximate surface area is 116 Å². The molecule has 6 heteroatoms. The summed E-state index contributed by atoms with van der Waals surface area (Å²) >= 11 is 4.90. The smallest absolute Gasteiger partial charge is 0.296 e. The Balaban J connectivity index is 2.34. The van der Waals surface area contributed by atoms with Crippen LogP contribution in [-0.2, 0) is 9.53 Å². The summed E-state index contributed by atoms with van der Waals surface area (Å²) in [5.74, 6) is 1.13. The lowest BCUT2D eigenvalue weighted by atomic mass is 10.1. The third-order valence-electron chi connectivity index (χ3n) is 2.69. The Hall–Kier alpha value is -2.08. The van der Waals surface area contributed by atoms with Crippen molar-refractivity contribution in [2.75, 3.05) is 21.3 Å². The first-order valence-corrected chi connectivity index (χ1v) is 5.91. The summed E-state index contributed by atoms with van der Waals surface area (Å²) in [4.78, 5) is 13.1. The zero-order valence-corrected chi connectivity index (χ0v) is 11.6. The van der Waals surface area contributed by atoms with Gasteiger partial charge in [-0.2, -0.15) is 0 Å². The molecule has 1 aliphatic rings. The molecule has 1 aromatic rings. The maximum Gasteiger partial charge on any atom is 0.296 e. The normalized spacial score (nSPS) is 16.8. The minimum atomic E-state index is -0.264. The molecular formula is C13H13NO4S. The van der Waals surface area contributed by atoms with Gasteiger partial charge in [0.1, 0.15) is 0 Å². The highest BCUT2D eigenvalue weighted by Gasteiger charge is 2.29. The predicted molar refractivity (Wildman–Crippen MR) is 74.0 cm³/mol. The van der Waals surface area contributed by atoms with Gasteiger partial charge in [-0.25, -0.2) is 0 Å². The minimum absolute atomic E-state index is 0.150. The van der Waals surface area contributed by atoms with Gasteiger partial charge in [-0.3, -0.25) is 9.69 Å². The van der Waals surface area contributed by atoms with Gasteiger partial charge < -0.3 is 14.2 Å². The molecule has 2 rings (SSSR count). The van der Waals surface area contributed by atoms with Crippen molar-refractivity contribution in [3.63, 3.8) is 0 Å². The van der Waals surface area contributed by atoms with Gasteiger partial charge in [0.05, 0.1) is 14.2 Å². The van der Waals surface area contributed by atoms with Gasteiger partial charge in [0.2, 0.25) is 0 Å². The van der Waals surface area contributed by atoms with E-state index in [2.05, 4.69) is 0 Å². The van der Waals surface area contributed by atoms with Crippen LogP contribution in [0.4, 0.5) is 0 Å². The van der Waals surface area contributed by atoms with E-state index in [0.29, 0.717) is 11.5 Å². The summed E-state index contributed by atoms with van der Waals surface area (Å²) in [7, 11) is 4.68. The van der Waals surface area contributed by atoms with E-state index in [4.69, 9.17) is 26.4 Å². The summed E-state index contributed by atoms with van der Waals surface area (Å²) in [5, 5.41) is 0.150. The van der Waals surface area contributed by atoms with Crippen LogP contribution in [0.15, 0.2) is 24.0 Å². The van der Waals surface area contributed by atoms with E-state index < -0.39 is 0 Å². The van der Waals surface area contributed by atoms with Crippen molar-refractivity contribution in [3.05, 3.63) is 29.5 Å².